The molecule has 2 heterocycles. The number of nitrogens with zero attached hydrogens (tertiary/aromatic N) is 3. The summed E-state index contributed by atoms with van der Waals surface area (Å²) in [5.74, 6) is 0.352. The quantitative estimate of drug-likeness (QED) is 0.721. The molecule has 27 heavy (non-hydrogen) atoms. The van der Waals surface area contributed by atoms with Crippen molar-refractivity contribution in [1.29, 1.82) is 0 Å². The Hall–Kier alpha value is -3.35. The van der Waals surface area contributed by atoms with Crippen LogP contribution in [0.15, 0.2) is 53.6 Å². The maximum Gasteiger partial charge on any atom is 0.278 e. The predicted molar refractivity (Wildman–Crippen MR) is 103 cm³/mol. The van der Waals surface area contributed by atoms with Crippen LogP contribution in [0.3, 0.4) is 0 Å². The number of ether oxygens (including phenoxy) is 1. The number of aryl methyl sites for hydroxylation is 2. The van der Waals surface area contributed by atoms with Crippen LogP contribution in [0, 0.1) is 0 Å². The van der Waals surface area contributed by atoms with E-state index >= 15 is 0 Å². The Kier molecular flexibility index (Phi) is 5.40. The molecule has 0 unspecified atom stereocenters. The summed E-state index contributed by atoms with van der Waals surface area (Å²) in [5.41, 5.74) is 2.74. The number of rotatable bonds is 6. The van der Waals surface area contributed by atoms with Crippen LogP contribution in [0.5, 0.6) is 5.75 Å². The number of benzene rings is 1. The third-order valence-electron chi connectivity index (χ3n) is 4.44. The number of hydrogen-bond acceptors (Lipinski definition) is 4. The molecule has 0 aliphatic carbocycles. The molecule has 0 bridgehead atoms. The fraction of sp³-hybridized carbons (Fsp3) is 0.250. The van der Waals surface area contributed by atoms with Gasteiger partial charge in [0.25, 0.3) is 11.5 Å². The van der Waals surface area contributed by atoms with Crippen molar-refractivity contribution in [2.45, 2.75) is 6.42 Å². The van der Waals surface area contributed by atoms with Crippen molar-refractivity contribution in [2.24, 2.45) is 14.1 Å². The molecule has 1 N–H and O–H groups in total. The van der Waals surface area contributed by atoms with E-state index in [0.717, 1.165) is 11.1 Å². The van der Waals surface area contributed by atoms with E-state index in [1.165, 1.54) is 18.0 Å². The first-order valence-electron chi connectivity index (χ1n) is 8.60. The molecule has 0 atom stereocenters. The van der Waals surface area contributed by atoms with Gasteiger partial charge in [0.2, 0.25) is 0 Å². The van der Waals surface area contributed by atoms with Gasteiger partial charge in [0.05, 0.1) is 18.9 Å². The first-order valence-corrected chi connectivity index (χ1v) is 8.60. The Morgan fingerprint density at radius 2 is 1.93 bits per heavy atom. The molecule has 0 aliphatic rings. The fourth-order valence-corrected chi connectivity index (χ4v) is 2.89. The number of hydrogen-bond donors (Lipinski definition) is 1. The van der Waals surface area contributed by atoms with Gasteiger partial charge in [-0.1, -0.05) is 24.3 Å². The van der Waals surface area contributed by atoms with Gasteiger partial charge in [-0.05, 0) is 29.7 Å². The Labute approximate surface area is 157 Å². The molecule has 140 valence electrons. The zero-order chi connectivity index (χ0) is 19.4. The third kappa shape index (κ3) is 3.92. The number of methoxy groups -OCH3 is 1. The van der Waals surface area contributed by atoms with Crippen LogP contribution in [0.25, 0.3) is 11.1 Å². The maximum atomic E-state index is 12.4. The predicted octanol–water partition coefficient (Wildman–Crippen LogP) is 1.77. The van der Waals surface area contributed by atoms with Gasteiger partial charge < -0.3 is 14.6 Å². The summed E-state index contributed by atoms with van der Waals surface area (Å²) < 4.78 is 8.34. The zero-order valence-electron chi connectivity index (χ0n) is 15.6. The molecular weight excluding hydrogens is 344 g/mol. The first-order chi connectivity index (χ1) is 13.0. The molecule has 0 saturated heterocycles. The van der Waals surface area contributed by atoms with Crippen molar-refractivity contribution in [3.8, 4) is 16.9 Å². The van der Waals surface area contributed by atoms with Gasteiger partial charge in [-0.3, -0.25) is 9.59 Å². The Morgan fingerprint density at radius 3 is 2.56 bits per heavy atom. The van der Waals surface area contributed by atoms with Crippen molar-refractivity contribution in [1.82, 2.24) is 19.7 Å². The summed E-state index contributed by atoms with van der Waals surface area (Å²) >= 11 is 0. The van der Waals surface area contributed by atoms with E-state index in [0.29, 0.717) is 30.0 Å². The number of amides is 1. The van der Waals surface area contributed by atoms with Crippen LogP contribution in [0.2, 0.25) is 0 Å². The van der Waals surface area contributed by atoms with Crippen molar-refractivity contribution in [2.75, 3.05) is 13.7 Å². The van der Waals surface area contributed by atoms with Gasteiger partial charge in [0.15, 0.2) is 5.75 Å². The molecule has 0 radical (unpaired) electrons. The van der Waals surface area contributed by atoms with Crippen LogP contribution in [0.4, 0.5) is 0 Å². The first kappa shape index (κ1) is 18.4. The van der Waals surface area contributed by atoms with Gasteiger partial charge >= 0.3 is 0 Å². The van der Waals surface area contributed by atoms with Crippen LogP contribution in [-0.2, 0) is 20.5 Å². The van der Waals surface area contributed by atoms with Crippen LogP contribution in [-0.4, -0.2) is 33.9 Å². The van der Waals surface area contributed by atoms with E-state index in [-0.39, 0.29) is 11.5 Å². The van der Waals surface area contributed by atoms with Gasteiger partial charge in [-0.15, -0.1) is 0 Å². The molecule has 0 saturated carbocycles. The Bertz CT molecular complexity index is 1000. The molecule has 0 fully saturated rings. The van der Waals surface area contributed by atoms with Crippen LogP contribution < -0.4 is 15.6 Å². The second-order valence-corrected chi connectivity index (χ2v) is 6.22. The average Bonchev–Trinajstić information content (AvgIpc) is 3.10. The minimum Gasteiger partial charge on any atom is -0.494 e. The Balaban J connectivity index is 1.68. The summed E-state index contributed by atoms with van der Waals surface area (Å²) in [6, 6.07) is 11.3. The minimum absolute atomic E-state index is 0.0934. The molecule has 7 nitrogen and oxygen atoms in total. The zero-order valence-corrected chi connectivity index (χ0v) is 15.6. The lowest BCUT2D eigenvalue weighted by molar-refractivity contribution is 0.0946. The van der Waals surface area contributed by atoms with E-state index < -0.39 is 0 Å². The van der Waals surface area contributed by atoms with Gasteiger partial charge in [-0.25, -0.2) is 4.68 Å². The molecule has 0 aliphatic heterocycles. The standard InChI is InChI=1S/C20H22N4O3/c1-23-12-4-5-16(23)19(25)21-11-10-14-6-8-15(9-7-14)18-17(27-3)13-22-24(2)20(18)26/h4-9,12-13H,10-11H2,1-3H3,(H,21,25). The van der Waals surface area contributed by atoms with Gasteiger partial charge in [0.1, 0.15) is 5.69 Å². The van der Waals surface area contributed by atoms with Gasteiger partial charge in [0, 0.05) is 26.8 Å². The highest BCUT2D eigenvalue weighted by atomic mass is 16.5. The second-order valence-electron chi connectivity index (χ2n) is 6.22. The highest BCUT2D eigenvalue weighted by Crippen LogP contribution is 2.25. The van der Waals surface area contributed by atoms with Crippen molar-refractivity contribution >= 4 is 5.91 Å². The monoisotopic (exact) mass is 366 g/mol. The molecule has 7 heteroatoms. The fourth-order valence-electron chi connectivity index (χ4n) is 2.89. The highest BCUT2D eigenvalue weighted by Gasteiger charge is 2.13. The molecule has 2 aromatic heterocycles. The van der Waals surface area contributed by atoms with E-state index in [9.17, 15) is 9.59 Å². The molecule has 3 rings (SSSR count). The third-order valence-corrected chi connectivity index (χ3v) is 4.44. The van der Waals surface area contributed by atoms with Crippen LogP contribution in [0.1, 0.15) is 16.1 Å². The maximum absolute atomic E-state index is 12.4. The van der Waals surface area contributed by atoms with E-state index in [1.54, 1.807) is 17.7 Å². The van der Waals surface area contributed by atoms with Crippen molar-refractivity contribution in [3.05, 3.63) is 70.4 Å². The molecular formula is C20H22N4O3. The summed E-state index contributed by atoms with van der Waals surface area (Å²) in [7, 11) is 4.96. The molecule has 3 aromatic rings. The smallest absolute Gasteiger partial charge is 0.278 e. The second kappa shape index (κ2) is 7.90. The summed E-state index contributed by atoms with van der Waals surface area (Å²) in [4.78, 5) is 24.5. The van der Waals surface area contributed by atoms with Crippen molar-refractivity contribution in [3.63, 3.8) is 0 Å². The summed E-state index contributed by atoms with van der Waals surface area (Å²) in [6.45, 7) is 0.531. The molecule has 1 amide bonds. The number of aromatic nitrogens is 3. The SMILES string of the molecule is COc1cnn(C)c(=O)c1-c1ccc(CCNC(=O)c2cccn2C)cc1. The number of carbonyl (C=O) groups excluding carboxylic acids is 1. The summed E-state index contributed by atoms with van der Waals surface area (Å²) in [6.07, 6.45) is 4.07. The van der Waals surface area contributed by atoms with E-state index in [2.05, 4.69) is 10.4 Å². The lowest BCUT2D eigenvalue weighted by Crippen LogP contribution is -2.27. The minimum atomic E-state index is -0.211. The van der Waals surface area contributed by atoms with E-state index in [1.807, 2.05) is 43.6 Å². The number of carbonyl (C=O) groups is 1. The summed E-state index contributed by atoms with van der Waals surface area (Å²) in [5, 5.41) is 6.89. The lowest BCUT2D eigenvalue weighted by Gasteiger charge is -2.10. The topological polar surface area (TPSA) is 78.2 Å². The van der Waals surface area contributed by atoms with Gasteiger partial charge in [-0.2, -0.15) is 5.10 Å². The normalized spacial score (nSPS) is 10.6. The molecule has 1 aromatic carbocycles. The van der Waals surface area contributed by atoms with Crippen molar-refractivity contribution < 1.29 is 9.53 Å². The molecule has 0 spiro atoms. The number of nitrogens with one attached hydrogen (secondary N) is 1. The highest BCUT2D eigenvalue weighted by molar-refractivity contribution is 5.92. The largest absolute Gasteiger partial charge is 0.494 e. The van der Waals surface area contributed by atoms with E-state index in [4.69, 9.17) is 4.74 Å². The lowest BCUT2D eigenvalue weighted by atomic mass is 10.0. The average molecular weight is 366 g/mol. The van der Waals surface area contributed by atoms with Crippen LogP contribution >= 0.6 is 0 Å². The Morgan fingerprint density at radius 1 is 1.19 bits per heavy atom.